The van der Waals surface area contributed by atoms with Gasteiger partial charge in [0.05, 0.1) is 18.7 Å². The summed E-state index contributed by atoms with van der Waals surface area (Å²) >= 11 is 3.13. The first-order valence-corrected chi connectivity index (χ1v) is 14.6. The summed E-state index contributed by atoms with van der Waals surface area (Å²) < 4.78 is 7.43. The number of nitrogens with one attached hydrogen (secondary N) is 2. The van der Waals surface area contributed by atoms with Gasteiger partial charge in [0, 0.05) is 60.8 Å². The maximum absolute atomic E-state index is 13.1. The third-order valence-corrected chi connectivity index (χ3v) is 9.55. The van der Waals surface area contributed by atoms with Crippen LogP contribution in [0.2, 0.25) is 0 Å². The summed E-state index contributed by atoms with van der Waals surface area (Å²) in [6.07, 6.45) is 5.57. The minimum atomic E-state index is -0.446. The van der Waals surface area contributed by atoms with Crippen molar-refractivity contribution in [3.8, 4) is 5.00 Å². The number of nitrogens with zero attached hydrogens (tertiary/aromatic N) is 3. The largest absolute Gasteiger partial charge is 0.462 e. The highest BCUT2D eigenvalue weighted by Gasteiger charge is 2.30. The number of anilines is 1. The molecular formula is C27H33N5O4S2. The monoisotopic (exact) mass is 555 g/mol. The second-order valence-corrected chi connectivity index (χ2v) is 11.6. The third kappa shape index (κ3) is 5.23. The number of esters is 1. The van der Waals surface area contributed by atoms with Crippen molar-refractivity contribution in [2.45, 2.75) is 53.2 Å². The van der Waals surface area contributed by atoms with Gasteiger partial charge in [-0.3, -0.25) is 15.0 Å². The Kier molecular flexibility index (Phi) is 7.87. The lowest BCUT2D eigenvalue weighted by Crippen LogP contribution is -2.34. The van der Waals surface area contributed by atoms with Crippen molar-refractivity contribution in [3.63, 3.8) is 0 Å². The Morgan fingerprint density at radius 1 is 1.00 bits per heavy atom. The molecule has 2 aliphatic heterocycles. The average molecular weight is 556 g/mol. The molecule has 5 rings (SSSR count). The number of ether oxygens (including phenoxy) is 1. The van der Waals surface area contributed by atoms with Crippen LogP contribution in [0.1, 0.15) is 57.6 Å². The SMILES string of the molecule is CCOC(=O)c1c(NC(=O)NCc2c(-n3cccc3)sc3c2CCN(CC)C3)sc2c1CCN(C(C)=O)C2. The number of hydrogen-bond acceptors (Lipinski definition) is 7. The van der Waals surface area contributed by atoms with Crippen molar-refractivity contribution >= 4 is 45.6 Å². The molecule has 3 aromatic heterocycles. The molecule has 0 aromatic carbocycles. The van der Waals surface area contributed by atoms with E-state index < -0.39 is 5.97 Å². The number of rotatable bonds is 7. The Bertz CT molecular complexity index is 1340. The standard InChI is InChI=1S/C27H33N5O4S2/c1-4-30-12-8-18-20(25(38-21(18)15-30)31-10-6-7-11-31)14-28-27(35)29-24-23(26(34)36-5-2)19-9-13-32(17(3)33)16-22(19)37-24/h6-7,10-11H,4-5,8-9,12-16H2,1-3H3,(H2,28,29,35). The van der Waals surface area contributed by atoms with E-state index in [4.69, 9.17) is 4.74 Å². The van der Waals surface area contributed by atoms with Gasteiger partial charge < -0.3 is 19.5 Å². The van der Waals surface area contributed by atoms with Crippen LogP contribution in [0.25, 0.3) is 5.00 Å². The number of fused-ring (bicyclic) bond motifs is 2. The smallest absolute Gasteiger partial charge is 0.341 e. The second kappa shape index (κ2) is 11.3. The van der Waals surface area contributed by atoms with E-state index in [1.165, 1.54) is 21.8 Å². The zero-order chi connectivity index (χ0) is 26.8. The van der Waals surface area contributed by atoms with E-state index in [-0.39, 0.29) is 18.5 Å². The molecule has 0 spiro atoms. The maximum atomic E-state index is 13.1. The Morgan fingerprint density at radius 2 is 1.74 bits per heavy atom. The number of urea groups is 1. The van der Waals surface area contributed by atoms with Gasteiger partial charge in [-0.05, 0) is 49.6 Å². The molecule has 11 heteroatoms. The predicted octanol–water partition coefficient (Wildman–Crippen LogP) is 4.38. The Balaban J connectivity index is 1.36. The lowest BCUT2D eigenvalue weighted by atomic mass is 10.0. The number of carbonyl (C=O) groups excluding carboxylic acids is 3. The molecule has 38 heavy (non-hydrogen) atoms. The summed E-state index contributed by atoms with van der Waals surface area (Å²) in [6.45, 7) is 10.0. The highest BCUT2D eigenvalue weighted by Crippen LogP contribution is 2.38. The van der Waals surface area contributed by atoms with E-state index in [0.717, 1.165) is 47.1 Å². The fourth-order valence-electron chi connectivity index (χ4n) is 5.13. The topological polar surface area (TPSA) is 95.9 Å². The first-order valence-electron chi connectivity index (χ1n) is 13.0. The van der Waals surface area contributed by atoms with Gasteiger partial charge in [-0.1, -0.05) is 6.92 Å². The average Bonchev–Trinajstić information content (AvgIpc) is 3.63. The van der Waals surface area contributed by atoms with E-state index in [1.807, 2.05) is 24.5 Å². The van der Waals surface area contributed by atoms with E-state index in [1.54, 1.807) is 30.1 Å². The molecule has 0 atom stereocenters. The highest BCUT2D eigenvalue weighted by atomic mass is 32.1. The fraction of sp³-hybridized carbons (Fsp3) is 0.444. The summed E-state index contributed by atoms with van der Waals surface area (Å²) in [6, 6.07) is 3.63. The summed E-state index contributed by atoms with van der Waals surface area (Å²) in [5.41, 5.74) is 3.74. The molecule has 0 radical (unpaired) electrons. The minimum Gasteiger partial charge on any atom is -0.462 e. The quantitative estimate of drug-likeness (QED) is 0.422. The zero-order valence-electron chi connectivity index (χ0n) is 22.0. The number of aromatic nitrogens is 1. The van der Waals surface area contributed by atoms with Crippen LogP contribution in [-0.4, -0.2) is 58.5 Å². The van der Waals surface area contributed by atoms with Crippen molar-refractivity contribution in [1.29, 1.82) is 0 Å². The van der Waals surface area contributed by atoms with E-state index >= 15 is 0 Å². The number of amides is 3. The summed E-state index contributed by atoms with van der Waals surface area (Å²) in [4.78, 5) is 44.4. The molecule has 0 aliphatic carbocycles. The Morgan fingerprint density at radius 3 is 2.45 bits per heavy atom. The molecule has 0 fully saturated rings. The lowest BCUT2D eigenvalue weighted by molar-refractivity contribution is -0.129. The fourth-order valence-corrected chi connectivity index (χ4v) is 7.75. The van der Waals surface area contributed by atoms with Crippen LogP contribution in [0.5, 0.6) is 0 Å². The summed E-state index contributed by atoms with van der Waals surface area (Å²) in [5, 5.41) is 7.55. The summed E-state index contributed by atoms with van der Waals surface area (Å²) in [7, 11) is 0. The first kappa shape index (κ1) is 26.5. The molecule has 202 valence electrons. The molecule has 9 nitrogen and oxygen atoms in total. The van der Waals surface area contributed by atoms with Gasteiger partial charge in [0.1, 0.15) is 10.0 Å². The van der Waals surface area contributed by atoms with Gasteiger partial charge in [-0.2, -0.15) is 0 Å². The van der Waals surface area contributed by atoms with Gasteiger partial charge in [0.15, 0.2) is 0 Å². The van der Waals surface area contributed by atoms with Crippen LogP contribution >= 0.6 is 22.7 Å². The third-order valence-electron chi connectivity index (χ3n) is 7.14. The number of carbonyl (C=O) groups is 3. The van der Waals surface area contributed by atoms with Gasteiger partial charge in [0.25, 0.3) is 0 Å². The van der Waals surface area contributed by atoms with Crippen LogP contribution in [-0.2, 0) is 42.0 Å². The van der Waals surface area contributed by atoms with E-state index in [2.05, 4.69) is 27.0 Å². The van der Waals surface area contributed by atoms with Crippen molar-refractivity contribution in [2.24, 2.45) is 0 Å². The molecule has 0 bridgehead atoms. The highest BCUT2D eigenvalue weighted by molar-refractivity contribution is 7.17. The van der Waals surface area contributed by atoms with Crippen molar-refractivity contribution in [1.82, 2.24) is 19.7 Å². The first-order chi connectivity index (χ1) is 18.4. The number of thiophene rings is 2. The normalized spacial score (nSPS) is 15.1. The van der Waals surface area contributed by atoms with Gasteiger partial charge in [-0.15, -0.1) is 22.7 Å². The molecule has 0 saturated heterocycles. The molecule has 3 amide bonds. The molecular weight excluding hydrogens is 522 g/mol. The van der Waals surface area contributed by atoms with Crippen LogP contribution in [0.15, 0.2) is 24.5 Å². The predicted molar refractivity (Wildman–Crippen MR) is 149 cm³/mol. The van der Waals surface area contributed by atoms with Crippen LogP contribution < -0.4 is 10.6 Å². The van der Waals surface area contributed by atoms with E-state index in [0.29, 0.717) is 36.6 Å². The molecule has 3 aromatic rings. The van der Waals surface area contributed by atoms with Crippen molar-refractivity contribution < 1.29 is 19.1 Å². The van der Waals surface area contributed by atoms with Crippen LogP contribution in [0.3, 0.4) is 0 Å². The van der Waals surface area contributed by atoms with Crippen LogP contribution in [0.4, 0.5) is 9.80 Å². The van der Waals surface area contributed by atoms with Gasteiger partial charge in [-0.25, -0.2) is 9.59 Å². The molecule has 2 N–H and O–H groups in total. The Labute approximate surface area is 230 Å². The van der Waals surface area contributed by atoms with Crippen molar-refractivity contribution in [3.05, 3.63) is 56.5 Å². The number of hydrogen-bond donors (Lipinski definition) is 2. The van der Waals surface area contributed by atoms with E-state index in [9.17, 15) is 14.4 Å². The van der Waals surface area contributed by atoms with Gasteiger partial charge in [0.2, 0.25) is 5.91 Å². The molecule has 2 aliphatic rings. The lowest BCUT2D eigenvalue weighted by Gasteiger charge is -2.25. The molecule has 0 saturated carbocycles. The Hall–Kier alpha value is -3.15. The molecule has 5 heterocycles. The van der Waals surface area contributed by atoms with Gasteiger partial charge >= 0.3 is 12.0 Å². The second-order valence-electron chi connectivity index (χ2n) is 9.42. The van der Waals surface area contributed by atoms with Crippen LogP contribution in [0, 0.1) is 0 Å². The molecule has 0 unspecified atom stereocenters. The zero-order valence-corrected chi connectivity index (χ0v) is 23.6. The number of likely N-dealkylation sites (N-methyl/N-ethyl adjacent to an activating group) is 1. The summed E-state index contributed by atoms with van der Waals surface area (Å²) in [5.74, 6) is -0.451. The minimum absolute atomic E-state index is 0.00589. The maximum Gasteiger partial charge on any atom is 0.341 e. The van der Waals surface area contributed by atoms with Crippen molar-refractivity contribution in [2.75, 3.05) is 31.6 Å².